The van der Waals surface area contributed by atoms with Gasteiger partial charge in [-0.1, -0.05) is 6.92 Å². The first-order valence-corrected chi connectivity index (χ1v) is 4.54. The van der Waals surface area contributed by atoms with Crippen molar-refractivity contribution in [2.45, 2.75) is 13.3 Å². The molecule has 2 N–H and O–H groups in total. The van der Waals surface area contributed by atoms with E-state index in [-0.39, 0.29) is 0 Å². The Labute approximate surface area is 82.1 Å². The van der Waals surface area contributed by atoms with E-state index in [0.717, 1.165) is 23.6 Å². The second kappa shape index (κ2) is 3.17. The van der Waals surface area contributed by atoms with Crippen molar-refractivity contribution in [2.75, 3.05) is 5.73 Å². The predicted octanol–water partition coefficient (Wildman–Crippen LogP) is 0.750. The average molecular weight is 191 g/mol. The lowest BCUT2D eigenvalue weighted by Gasteiger charge is -2.05. The molecule has 0 bridgehead atoms. The highest BCUT2D eigenvalue weighted by Gasteiger charge is 2.09. The van der Waals surface area contributed by atoms with Crippen LogP contribution in [0.4, 0.5) is 5.69 Å². The quantitative estimate of drug-likeness (QED) is 0.762. The normalized spacial score (nSPS) is 10.7. The molecule has 0 spiro atoms. The van der Waals surface area contributed by atoms with Crippen LogP contribution in [0.25, 0.3) is 5.82 Å². The van der Waals surface area contributed by atoms with Gasteiger partial charge in [0.25, 0.3) is 0 Å². The Balaban J connectivity index is 2.57. The largest absolute Gasteiger partial charge is 0.396 e. The molecule has 5 nitrogen and oxygen atoms in total. The zero-order valence-electron chi connectivity index (χ0n) is 8.31. The molecule has 74 valence electrons. The van der Waals surface area contributed by atoms with Crippen LogP contribution in [0.15, 0.2) is 18.5 Å². The van der Waals surface area contributed by atoms with Gasteiger partial charge >= 0.3 is 0 Å². The van der Waals surface area contributed by atoms with Gasteiger partial charge < -0.3 is 5.73 Å². The van der Waals surface area contributed by atoms with E-state index >= 15 is 0 Å². The van der Waals surface area contributed by atoms with Crippen molar-refractivity contribution in [2.24, 2.45) is 7.05 Å². The summed E-state index contributed by atoms with van der Waals surface area (Å²) in [5.74, 6) is 0.929. The highest BCUT2D eigenvalue weighted by atomic mass is 15.4. The minimum Gasteiger partial charge on any atom is -0.396 e. The first kappa shape index (κ1) is 8.80. The SMILES string of the molecule is CCc1c(N)cnn1-c1ccnn1C. The molecule has 0 fully saturated rings. The standard InChI is InChI=1S/C9H13N5/c1-3-8-7(10)6-12-14(8)9-4-5-11-13(9)2/h4-6H,3,10H2,1-2H3. The fourth-order valence-electron chi connectivity index (χ4n) is 1.51. The fraction of sp³-hybridized carbons (Fsp3) is 0.333. The van der Waals surface area contributed by atoms with E-state index in [1.165, 1.54) is 0 Å². The third-order valence-electron chi connectivity index (χ3n) is 2.25. The third-order valence-corrected chi connectivity index (χ3v) is 2.25. The van der Waals surface area contributed by atoms with Crippen LogP contribution in [-0.4, -0.2) is 19.6 Å². The number of nitrogens with two attached hydrogens (primary N) is 1. The first-order valence-electron chi connectivity index (χ1n) is 4.54. The Morgan fingerprint density at radius 2 is 2.21 bits per heavy atom. The summed E-state index contributed by atoms with van der Waals surface area (Å²) in [6.45, 7) is 2.06. The summed E-state index contributed by atoms with van der Waals surface area (Å²) in [4.78, 5) is 0. The predicted molar refractivity (Wildman–Crippen MR) is 54.1 cm³/mol. The third kappa shape index (κ3) is 1.17. The number of anilines is 1. The highest BCUT2D eigenvalue weighted by molar-refractivity contribution is 5.44. The van der Waals surface area contributed by atoms with Gasteiger partial charge in [-0.3, -0.25) is 4.68 Å². The Hall–Kier alpha value is -1.78. The molecule has 0 radical (unpaired) electrons. The maximum Gasteiger partial charge on any atom is 0.151 e. The molecule has 0 saturated carbocycles. The van der Waals surface area contributed by atoms with Crippen molar-refractivity contribution in [3.8, 4) is 5.82 Å². The number of hydrogen-bond acceptors (Lipinski definition) is 3. The molecule has 2 aromatic heterocycles. The van der Waals surface area contributed by atoms with Crippen LogP contribution >= 0.6 is 0 Å². The molecule has 0 amide bonds. The highest BCUT2D eigenvalue weighted by Crippen LogP contribution is 2.15. The average Bonchev–Trinajstić information content (AvgIpc) is 2.71. The maximum atomic E-state index is 5.80. The van der Waals surface area contributed by atoms with Gasteiger partial charge in [0.05, 0.1) is 23.8 Å². The number of aryl methyl sites for hydroxylation is 1. The fourth-order valence-corrected chi connectivity index (χ4v) is 1.51. The zero-order valence-corrected chi connectivity index (χ0v) is 8.31. The zero-order chi connectivity index (χ0) is 10.1. The molecule has 5 heteroatoms. The van der Waals surface area contributed by atoms with Crippen LogP contribution in [0.5, 0.6) is 0 Å². The summed E-state index contributed by atoms with van der Waals surface area (Å²) >= 11 is 0. The molecule has 0 saturated heterocycles. The number of hydrogen-bond donors (Lipinski definition) is 1. The summed E-state index contributed by atoms with van der Waals surface area (Å²) in [6, 6.07) is 1.91. The van der Waals surface area contributed by atoms with Crippen LogP contribution in [0.3, 0.4) is 0 Å². The van der Waals surface area contributed by atoms with E-state index in [4.69, 9.17) is 5.73 Å². The summed E-state index contributed by atoms with van der Waals surface area (Å²) < 4.78 is 3.59. The van der Waals surface area contributed by atoms with E-state index in [2.05, 4.69) is 17.1 Å². The van der Waals surface area contributed by atoms with Gasteiger partial charge in [0.2, 0.25) is 0 Å². The molecule has 2 aromatic rings. The lowest BCUT2D eigenvalue weighted by molar-refractivity contribution is 0.682. The number of nitrogen functional groups attached to an aromatic ring is 1. The van der Waals surface area contributed by atoms with E-state index < -0.39 is 0 Å². The monoisotopic (exact) mass is 191 g/mol. The number of nitrogens with zero attached hydrogens (tertiary/aromatic N) is 4. The van der Waals surface area contributed by atoms with Gasteiger partial charge in [-0.15, -0.1) is 0 Å². The van der Waals surface area contributed by atoms with Crippen molar-refractivity contribution in [1.29, 1.82) is 0 Å². The molecular formula is C9H13N5. The van der Waals surface area contributed by atoms with E-state index in [0.29, 0.717) is 0 Å². The van der Waals surface area contributed by atoms with Crippen LogP contribution < -0.4 is 5.73 Å². The summed E-state index contributed by atoms with van der Waals surface area (Å²) in [5.41, 5.74) is 7.55. The molecule has 0 aliphatic heterocycles. The second-order valence-electron chi connectivity index (χ2n) is 3.12. The van der Waals surface area contributed by atoms with E-state index in [1.807, 2.05) is 17.8 Å². The minimum atomic E-state index is 0.730. The van der Waals surface area contributed by atoms with Crippen LogP contribution in [0.1, 0.15) is 12.6 Å². The smallest absolute Gasteiger partial charge is 0.151 e. The van der Waals surface area contributed by atoms with Crippen molar-refractivity contribution < 1.29 is 0 Å². The van der Waals surface area contributed by atoms with E-state index in [1.54, 1.807) is 17.1 Å². The molecule has 0 atom stereocenters. The van der Waals surface area contributed by atoms with Crippen molar-refractivity contribution in [3.63, 3.8) is 0 Å². The van der Waals surface area contributed by atoms with Crippen LogP contribution in [0, 0.1) is 0 Å². The van der Waals surface area contributed by atoms with Crippen LogP contribution in [-0.2, 0) is 13.5 Å². The summed E-state index contributed by atoms with van der Waals surface area (Å²) in [5, 5.41) is 8.31. The first-order chi connectivity index (χ1) is 6.74. The second-order valence-corrected chi connectivity index (χ2v) is 3.12. The summed E-state index contributed by atoms with van der Waals surface area (Å²) in [6.07, 6.45) is 4.27. The number of rotatable bonds is 2. The Morgan fingerprint density at radius 3 is 2.79 bits per heavy atom. The van der Waals surface area contributed by atoms with Crippen molar-refractivity contribution >= 4 is 5.69 Å². The van der Waals surface area contributed by atoms with Gasteiger partial charge in [-0.2, -0.15) is 10.2 Å². The minimum absolute atomic E-state index is 0.730. The van der Waals surface area contributed by atoms with Gasteiger partial charge in [-0.25, -0.2) is 4.68 Å². The van der Waals surface area contributed by atoms with Crippen molar-refractivity contribution in [3.05, 3.63) is 24.2 Å². The van der Waals surface area contributed by atoms with E-state index in [9.17, 15) is 0 Å². The molecule has 0 aliphatic rings. The molecule has 2 heterocycles. The topological polar surface area (TPSA) is 61.7 Å². The van der Waals surface area contributed by atoms with Gasteiger partial charge in [0.15, 0.2) is 5.82 Å². The van der Waals surface area contributed by atoms with Gasteiger partial charge in [0, 0.05) is 13.1 Å². The molecule has 2 rings (SSSR count). The van der Waals surface area contributed by atoms with Crippen molar-refractivity contribution in [1.82, 2.24) is 19.6 Å². The van der Waals surface area contributed by atoms with Crippen LogP contribution in [0.2, 0.25) is 0 Å². The molecule has 14 heavy (non-hydrogen) atoms. The molecule has 0 unspecified atom stereocenters. The Kier molecular flexibility index (Phi) is 1.99. The molecule has 0 aliphatic carbocycles. The Morgan fingerprint density at radius 1 is 1.43 bits per heavy atom. The molecular weight excluding hydrogens is 178 g/mol. The van der Waals surface area contributed by atoms with Gasteiger partial charge in [0.1, 0.15) is 0 Å². The molecule has 0 aromatic carbocycles. The Bertz CT molecular complexity index is 440. The number of aromatic nitrogens is 4. The lowest BCUT2D eigenvalue weighted by Crippen LogP contribution is -2.08. The summed E-state index contributed by atoms with van der Waals surface area (Å²) in [7, 11) is 1.88. The van der Waals surface area contributed by atoms with Gasteiger partial charge in [-0.05, 0) is 6.42 Å². The lowest BCUT2D eigenvalue weighted by atomic mass is 10.3. The maximum absolute atomic E-state index is 5.80.